The zero-order valence-electron chi connectivity index (χ0n) is 17.1. The molecule has 1 fully saturated rings. The summed E-state index contributed by atoms with van der Waals surface area (Å²) in [4.78, 5) is 17.4. The molecule has 2 aromatic carbocycles. The first-order valence-electron chi connectivity index (χ1n) is 10.2. The molecule has 7 heteroatoms. The van der Waals surface area contributed by atoms with Gasteiger partial charge in [0.15, 0.2) is 5.69 Å². The highest BCUT2D eigenvalue weighted by Crippen LogP contribution is 2.15. The molecule has 1 N–H and O–H groups in total. The lowest BCUT2D eigenvalue weighted by atomic mass is 10.1. The van der Waals surface area contributed by atoms with Crippen molar-refractivity contribution in [1.29, 1.82) is 0 Å². The molecule has 4 rings (SSSR count). The SMILES string of the molecule is CN1CCN(Cc2cccc(CNC(=O)c3ccn(-c4cccc(Cl)c4)n3)c2)CC1. The molecule has 2 heterocycles. The minimum Gasteiger partial charge on any atom is -0.347 e. The van der Waals surface area contributed by atoms with E-state index in [1.807, 2.05) is 24.3 Å². The lowest BCUT2D eigenvalue weighted by molar-refractivity contribution is 0.0945. The normalized spacial score (nSPS) is 15.3. The van der Waals surface area contributed by atoms with E-state index in [9.17, 15) is 4.79 Å². The van der Waals surface area contributed by atoms with Gasteiger partial charge in [-0.2, -0.15) is 5.10 Å². The van der Waals surface area contributed by atoms with E-state index in [2.05, 4.69) is 45.5 Å². The topological polar surface area (TPSA) is 53.4 Å². The average molecular weight is 424 g/mol. The van der Waals surface area contributed by atoms with Gasteiger partial charge in [-0.3, -0.25) is 9.69 Å². The lowest BCUT2D eigenvalue weighted by Crippen LogP contribution is -2.43. The Hall–Kier alpha value is -2.67. The standard InChI is InChI=1S/C23H26ClN5O/c1-27-10-12-28(13-11-27)17-19-5-2-4-18(14-19)16-25-23(30)22-8-9-29(26-22)21-7-3-6-20(24)15-21/h2-9,14-15H,10-13,16-17H2,1H3,(H,25,30). The number of likely N-dealkylation sites (N-methyl/N-ethyl adjacent to an activating group) is 1. The van der Waals surface area contributed by atoms with Crippen LogP contribution in [0.5, 0.6) is 0 Å². The van der Waals surface area contributed by atoms with E-state index in [0.717, 1.165) is 44.0 Å². The van der Waals surface area contributed by atoms with Crippen LogP contribution in [0, 0.1) is 0 Å². The molecular formula is C23H26ClN5O. The first kappa shape index (κ1) is 20.6. The fourth-order valence-corrected chi connectivity index (χ4v) is 3.77. The average Bonchev–Trinajstić information content (AvgIpc) is 3.25. The number of hydrogen-bond acceptors (Lipinski definition) is 4. The van der Waals surface area contributed by atoms with Crippen molar-refractivity contribution >= 4 is 17.5 Å². The van der Waals surface area contributed by atoms with Crippen LogP contribution in [0.1, 0.15) is 21.6 Å². The summed E-state index contributed by atoms with van der Waals surface area (Å²) in [7, 11) is 2.17. The van der Waals surface area contributed by atoms with E-state index in [1.165, 1.54) is 5.56 Å². The molecule has 1 aliphatic heterocycles. The number of carbonyl (C=O) groups is 1. The molecule has 156 valence electrons. The Morgan fingerprint density at radius 1 is 1.03 bits per heavy atom. The van der Waals surface area contributed by atoms with Crippen LogP contribution < -0.4 is 5.32 Å². The number of hydrogen-bond donors (Lipinski definition) is 1. The summed E-state index contributed by atoms with van der Waals surface area (Å²) in [5.41, 5.74) is 3.56. The van der Waals surface area contributed by atoms with Gasteiger partial charge in [0.2, 0.25) is 0 Å². The zero-order valence-corrected chi connectivity index (χ0v) is 17.8. The highest BCUT2D eigenvalue weighted by atomic mass is 35.5. The Morgan fingerprint density at radius 3 is 2.60 bits per heavy atom. The van der Waals surface area contributed by atoms with Gasteiger partial charge < -0.3 is 10.2 Å². The van der Waals surface area contributed by atoms with E-state index < -0.39 is 0 Å². The molecule has 0 atom stereocenters. The second-order valence-electron chi connectivity index (χ2n) is 7.71. The first-order chi connectivity index (χ1) is 14.6. The highest BCUT2D eigenvalue weighted by molar-refractivity contribution is 6.30. The molecule has 0 spiro atoms. The van der Waals surface area contributed by atoms with Crippen LogP contribution in [0.25, 0.3) is 5.69 Å². The van der Waals surface area contributed by atoms with E-state index >= 15 is 0 Å². The van der Waals surface area contributed by atoms with Crippen molar-refractivity contribution < 1.29 is 4.79 Å². The summed E-state index contributed by atoms with van der Waals surface area (Å²) in [6.07, 6.45) is 1.76. The highest BCUT2D eigenvalue weighted by Gasteiger charge is 2.14. The molecule has 0 aliphatic carbocycles. The fourth-order valence-electron chi connectivity index (χ4n) is 3.58. The quantitative estimate of drug-likeness (QED) is 0.661. The van der Waals surface area contributed by atoms with Crippen molar-refractivity contribution in [2.45, 2.75) is 13.1 Å². The van der Waals surface area contributed by atoms with Gasteiger partial charge in [0, 0.05) is 50.5 Å². The molecule has 1 aliphatic rings. The Morgan fingerprint density at radius 2 is 1.80 bits per heavy atom. The number of nitrogens with one attached hydrogen (secondary N) is 1. The van der Waals surface area contributed by atoms with E-state index in [1.54, 1.807) is 23.0 Å². The van der Waals surface area contributed by atoms with Crippen LogP contribution in [0.4, 0.5) is 0 Å². The van der Waals surface area contributed by atoms with Crippen LogP contribution in [-0.4, -0.2) is 58.7 Å². The zero-order chi connectivity index (χ0) is 20.9. The molecule has 1 saturated heterocycles. The van der Waals surface area contributed by atoms with Crippen molar-refractivity contribution in [1.82, 2.24) is 24.9 Å². The maximum Gasteiger partial charge on any atom is 0.272 e. The molecule has 1 aromatic heterocycles. The smallest absolute Gasteiger partial charge is 0.272 e. The largest absolute Gasteiger partial charge is 0.347 e. The number of amides is 1. The number of benzene rings is 2. The van der Waals surface area contributed by atoms with Crippen LogP contribution in [0.3, 0.4) is 0 Å². The molecule has 0 radical (unpaired) electrons. The Labute approximate surface area is 182 Å². The Bertz CT molecular complexity index is 1010. The molecule has 0 bridgehead atoms. The fraction of sp³-hybridized carbons (Fsp3) is 0.304. The van der Waals surface area contributed by atoms with Crippen molar-refractivity contribution in [3.63, 3.8) is 0 Å². The second kappa shape index (κ2) is 9.43. The number of carbonyl (C=O) groups excluding carboxylic acids is 1. The Balaban J connectivity index is 1.34. The van der Waals surface area contributed by atoms with Gasteiger partial charge in [-0.1, -0.05) is 41.9 Å². The summed E-state index contributed by atoms with van der Waals surface area (Å²) < 4.78 is 1.65. The van der Waals surface area contributed by atoms with Crippen LogP contribution in [0.15, 0.2) is 60.8 Å². The van der Waals surface area contributed by atoms with Crippen LogP contribution >= 0.6 is 11.6 Å². The van der Waals surface area contributed by atoms with Gasteiger partial charge >= 0.3 is 0 Å². The predicted octanol–water partition coefficient (Wildman–Crippen LogP) is 3.20. The van der Waals surface area contributed by atoms with Gasteiger partial charge in [0.25, 0.3) is 5.91 Å². The Kier molecular flexibility index (Phi) is 6.47. The predicted molar refractivity (Wildman–Crippen MR) is 119 cm³/mol. The minimum absolute atomic E-state index is 0.194. The number of halogens is 1. The maximum absolute atomic E-state index is 12.5. The monoisotopic (exact) mass is 423 g/mol. The number of nitrogens with zero attached hydrogens (tertiary/aromatic N) is 4. The van der Waals surface area contributed by atoms with E-state index in [4.69, 9.17) is 11.6 Å². The third-order valence-electron chi connectivity index (χ3n) is 5.34. The number of piperazine rings is 1. The summed E-state index contributed by atoms with van der Waals surface area (Å²) in [5, 5.41) is 7.97. The minimum atomic E-state index is -0.194. The van der Waals surface area contributed by atoms with E-state index in [0.29, 0.717) is 17.3 Å². The van der Waals surface area contributed by atoms with Crippen molar-refractivity contribution in [2.75, 3.05) is 33.2 Å². The van der Waals surface area contributed by atoms with Crippen molar-refractivity contribution in [3.05, 3.63) is 82.6 Å². The third-order valence-corrected chi connectivity index (χ3v) is 5.58. The molecular weight excluding hydrogens is 398 g/mol. The second-order valence-corrected chi connectivity index (χ2v) is 8.14. The number of aromatic nitrogens is 2. The van der Waals surface area contributed by atoms with Gasteiger partial charge in [0.05, 0.1) is 5.69 Å². The summed E-state index contributed by atoms with van der Waals surface area (Å²) in [5.74, 6) is -0.194. The van der Waals surface area contributed by atoms with Crippen LogP contribution in [0.2, 0.25) is 5.02 Å². The van der Waals surface area contributed by atoms with Gasteiger partial charge in [0.1, 0.15) is 0 Å². The van der Waals surface area contributed by atoms with E-state index in [-0.39, 0.29) is 5.91 Å². The summed E-state index contributed by atoms with van der Waals surface area (Å²) >= 11 is 6.04. The van der Waals surface area contributed by atoms with Crippen LogP contribution in [-0.2, 0) is 13.1 Å². The first-order valence-corrected chi connectivity index (χ1v) is 10.5. The van der Waals surface area contributed by atoms with Gasteiger partial charge in [-0.15, -0.1) is 0 Å². The molecule has 3 aromatic rings. The van der Waals surface area contributed by atoms with Gasteiger partial charge in [-0.25, -0.2) is 4.68 Å². The molecule has 0 unspecified atom stereocenters. The van der Waals surface area contributed by atoms with Crippen molar-refractivity contribution in [2.24, 2.45) is 0 Å². The lowest BCUT2D eigenvalue weighted by Gasteiger charge is -2.32. The number of rotatable bonds is 6. The van der Waals surface area contributed by atoms with Gasteiger partial charge in [-0.05, 0) is 42.4 Å². The summed E-state index contributed by atoms with van der Waals surface area (Å²) in [6.45, 7) is 5.81. The molecule has 1 amide bonds. The molecule has 30 heavy (non-hydrogen) atoms. The molecule has 6 nitrogen and oxygen atoms in total. The molecule has 0 saturated carbocycles. The van der Waals surface area contributed by atoms with Crippen molar-refractivity contribution in [3.8, 4) is 5.69 Å². The third kappa shape index (κ3) is 5.27. The maximum atomic E-state index is 12.5. The summed E-state index contributed by atoms with van der Waals surface area (Å²) in [6, 6.07) is 17.5.